The molecule has 0 fully saturated rings. The monoisotopic (exact) mass is 352 g/mol. The number of allylic oxidation sites excluding steroid dienone is 2. The molecule has 1 heteroatoms. The fourth-order valence-corrected chi connectivity index (χ4v) is 4.20. The zero-order valence-electron chi connectivity index (χ0n) is 15.5. The maximum Gasteiger partial charge on any atom is 0.162 e. The van der Waals surface area contributed by atoms with Gasteiger partial charge in [-0.3, -0.25) is 4.79 Å². The largest absolute Gasteiger partial charge is 0.294 e. The minimum absolute atomic E-state index is 0.0426. The molecule has 3 aromatic carbocycles. The van der Waals surface area contributed by atoms with Gasteiger partial charge < -0.3 is 0 Å². The van der Waals surface area contributed by atoms with E-state index in [1.54, 1.807) is 0 Å². The van der Waals surface area contributed by atoms with Gasteiger partial charge in [0.05, 0.1) is 0 Å². The maximum absolute atomic E-state index is 12.8. The predicted octanol–water partition coefficient (Wildman–Crippen LogP) is 5.89. The van der Waals surface area contributed by atoms with Gasteiger partial charge in [0.2, 0.25) is 0 Å². The predicted molar refractivity (Wildman–Crippen MR) is 111 cm³/mol. The Kier molecular flexibility index (Phi) is 5.02. The van der Waals surface area contributed by atoms with Crippen molar-refractivity contribution in [3.8, 4) is 0 Å². The first-order valence-corrected chi connectivity index (χ1v) is 9.65. The standard InChI is InChI=1S/C26H24O/c27-25(20-21-10-4-1-5-11-21)22-16-18-26(19-17-22,23-12-6-2-7-13-23)24-14-8-3-9-15-24/h1-16H,17-20H2. The third kappa shape index (κ3) is 3.64. The Hall–Kier alpha value is -2.93. The van der Waals surface area contributed by atoms with Crippen molar-refractivity contribution in [3.05, 3.63) is 119 Å². The molecular formula is C26H24O. The lowest BCUT2D eigenvalue weighted by atomic mass is 9.65. The lowest BCUT2D eigenvalue weighted by Crippen LogP contribution is -2.31. The quantitative estimate of drug-likeness (QED) is 0.559. The third-order valence-electron chi connectivity index (χ3n) is 5.74. The number of carbonyl (C=O) groups is 1. The number of rotatable bonds is 5. The van der Waals surface area contributed by atoms with E-state index >= 15 is 0 Å². The minimum atomic E-state index is -0.0426. The van der Waals surface area contributed by atoms with E-state index in [2.05, 4.69) is 66.7 Å². The summed E-state index contributed by atoms with van der Waals surface area (Å²) >= 11 is 0. The Balaban J connectivity index is 1.62. The molecule has 0 N–H and O–H groups in total. The molecule has 1 aliphatic carbocycles. The van der Waals surface area contributed by atoms with Crippen LogP contribution in [-0.4, -0.2) is 5.78 Å². The minimum Gasteiger partial charge on any atom is -0.294 e. The van der Waals surface area contributed by atoms with Gasteiger partial charge in [-0.25, -0.2) is 0 Å². The highest BCUT2D eigenvalue weighted by atomic mass is 16.1. The van der Waals surface area contributed by atoms with E-state index in [1.165, 1.54) is 11.1 Å². The van der Waals surface area contributed by atoms with E-state index in [-0.39, 0.29) is 11.2 Å². The van der Waals surface area contributed by atoms with E-state index in [0.29, 0.717) is 6.42 Å². The highest BCUT2D eigenvalue weighted by Crippen LogP contribution is 2.44. The van der Waals surface area contributed by atoms with Crippen molar-refractivity contribution in [2.24, 2.45) is 0 Å². The van der Waals surface area contributed by atoms with E-state index < -0.39 is 0 Å². The lowest BCUT2D eigenvalue weighted by Gasteiger charge is -2.37. The molecule has 1 aliphatic rings. The van der Waals surface area contributed by atoms with Crippen molar-refractivity contribution in [2.45, 2.75) is 31.1 Å². The van der Waals surface area contributed by atoms with Crippen LogP contribution in [0.2, 0.25) is 0 Å². The molecule has 0 aromatic heterocycles. The molecular weight excluding hydrogens is 328 g/mol. The van der Waals surface area contributed by atoms with Crippen LogP contribution >= 0.6 is 0 Å². The van der Waals surface area contributed by atoms with Crippen molar-refractivity contribution >= 4 is 5.78 Å². The summed E-state index contributed by atoms with van der Waals surface area (Å²) in [5.74, 6) is 0.260. The zero-order chi connectivity index (χ0) is 18.5. The molecule has 0 amide bonds. The summed E-state index contributed by atoms with van der Waals surface area (Å²) in [4.78, 5) is 12.8. The van der Waals surface area contributed by atoms with Crippen LogP contribution in [0, 0.1) is 0 Å². The number of carbonyl (C=O) groups excluding carboxylic acids is 1. The SMILES string of the molecule is O=C(Cc1ccccc1)C1=CCC(c2ccccc2)(c2ccccc2)CC1. The average molecular weight is 352 g/mol. The van der Waals surface area contributed by atoms with Crippen LogP contribution in [0.3, 0.4) is 0 Å². The molecule has 0 bridgehead atoms. The molecule has 0 spiro atoms. The summed E-state index contributed by atoms with van der Waals surface area (Å²) in [6.45, 7) is 0. The van der Waals surface area contributed by atoms with Gasteiger partial charge in [-0.1, -0.05) is 97.1 Å². The number of hydrogen-bond donors (Lipinski definition) is 0. The van der Waals surface area contributed by atoms with Crippen LogP contribution in [0.25, 0.3) is 0 Å². The van der Waals surface area contributed by atoms with Crippen LogP contribution in [0.15, 0.2) is 103 Å². The van der Waals surface area contributed by atoms with E-state index in [0.717, 1.165) is 30.4 Å². The summed E-state index contributed by atoms with van der Waals surface area (Å²) in [5, 5.41) is 0. The fourth-order valence-electron chi connectivity index (χ4n) is 4.20. The highest BCUT2D eigenvalue weighted by Gasteiger charge is 2.36. The summed E-state index contributed by atoms with van der Waals surface area (Å²) in [7, 11) is 0. The van der Waals surface area contributed by atoms with E-state index in [1.807, 2.05) is 30.3 Å². The van der Waals surface area contributed by atoms with Crippen LogP contribution in [-0.2, 0) is 16.6 Å². The number of Topliss-reactive ketones (excluding diaryl/α,β-unsaturated/α-hetero) is 1. The number of hydrogen-bond acceptors (Lipinski definition) is 1. The fraction of sp³-hybridized carbons (Fsp3) is 0.192. The Morgan fingerprint density at radius 3 is 1.74 bits per heavy atom. The molecule has 0 unspecified atom stereocenters. The molecule has 0 heterocycles. The molecule has 3 aromatic rings. The van der Waals surface area contributed by atoms with E-state index in [4.69, 9.17) is 0 Å². The van der Waals surface area contributed by atoms with Gasteiger partial charge in [0, 0.05) is 11.8 Å². The molecule has 0 saturated heterocycles. The van der Waals surface area contributed by atoms with Gasteiger partial charge in [-0.05, 0) is 41.5 Å². The summed E-state index contributed by atoms with van der Waals surface area (Å²) in [6.07, 6.45) is 5.35. The maximum atomic E-state index is 12.8. The molecule has 27 heavy (non-hydrogen) atoms. The van der Waals surface area contributed by atoms with Gasteiger partial charge in [0.1, 0.15) is 0 Å². The molecule has 0 atom stereocenters. The smallest absolute Gasteiger partial charge is 0.162 e. The van der Waals surface area contributed by atoms with E-state index in [9.17, 15) is 4.79 Å². The summed E-state index contributed by atoms with van der Waals surface area (Å²) in [5.41, 5.74) is 4.70. The van der Waals surface area contributed by atoms with Crippen molar-refractivity contribution in [3.63, 3.8) is 0 Å². The first kappa shape index (κ1) is 17.5. The summed E-state index contributed by atoms with van der Waals surface area (Å²) < 4.78 is 0. The van der Waals surface area contributed by atoms with Crippen LogP contribution < -0.4 is 0 Å². The molecule has 134 valence electrons. The Labute approximate surface area is 161 Å². The lowest BCUT2D eigenvalue weighted by molar-refractivity contribution is -0.115. The van der Waals surface area contributed by atoms with Crippen molar-refractivity contribution in [1.29, 1.82) is 0 Å². The molecule has 4 rings (SSSR count). The highest BCUT2D eigenvalue weighted by molar-refractivity contribution is 5.97. The second-order valence-corrected chi connectivity index (χ2v) is 7.33. The van der Waals surface area contributed by atoms with Crippen LogP contribution in [0.1, 0.15) is 36.0 Å². The Morgan fingerprint density at radius 2 is 1.26 bits per heavy atom. The van der Waals surface area contributed by atoms with Crippen LogP contribution in [0.4, 0.5) is 0 Å². The van der Waals surface area contributed by atoms with Crippen LogP contribution in [0.5, 0.6) is 0 Å². The Bertz CT molecular complexity index is 884. The zero-order valence-corrected chi connectivity index (χ0v) is 15.5. The first-order valence-electron chi connectivity index (χ1n) is 9.65. The van der Waals surface area contributed by atoms with Crippen molar-refractivity contribution in [2.75, 3.05) is 0 Å². The third-order valence-corrected chi connectivity index (χ3v) is 5.74. The topological polar surface area (TPSA) is 17.1 Å². The molecule has 1 nitrogen and oxygen atoms in total. The molecule has 0 radical (unpaired) electrons. The van der Waals surface area contributed by atoms with Gasteiger partial charge in [-0.15, -0.1) is 0 Å². The number of ketones is 1. The second kappa shape index (κ2) is 7.75. The molecule has 0 aliphatic heterocycles. The average Bonchev–Trinajstić information content (AvgIpc) is 2.76. The first-order chi connectivity index (χ1) is 13.3. The number of benzene rings is 3. The Morgan fingerprint density at radius 1 is 0.741 bits per heavy atom. The normalized spacial score (nSPS) is 15.8. The van der Waals surface area contributed by atoms with Gasteiger partial charge in [0.15, 0.2) is 5.78 Å². The van der Waals surface area contributed by atoms with Gasteiger partial charge in [0.25, 0.3) is 0 Å². The second-order valence-electron chi connectivity index (χ2n) is 7.33. The van der Waals surface area contributed by atoms with Crippen molar-refractivity contribution in [1.82, 2.24) is 0 Å². The van der Waals surface area contributed by atoms with Gasteiger partial charge >= 0.3 is 0 Å². The molecule has 0 saturated carbocycles. The summed E-state index contributed by atoms with van der Waals surface area (Å²) in [6, 6.07) is 31.5. The van der Waals surface area contributed by atoms with Crippen molar-refractivity contribution < 1.29 is 4.79 Å². The van der Waals surface area contributed by atoms with Gasteiger partial charge in [-0.2, -0.15) is 0 Å².